The standard InChI is InChI=1S/C16H29N3O3/c1-11(10-22-3)17-16(21)18-15(20)9-19-12(2)8-13-6-4-5-7-14(13)19/h11-14H,4-10H2,1-3H3,(H2,17,18,20,21)/t11-,12+,13-,14-/m0/s1. The number of amides is 3. The van der Waals surface area contributed by atoms with Crippen molar-refractivity contribution in [2.45, 2.75) is 64.1 Å². The molecule has 4 atom stereocenters. The van der Waals surface area contributed by atoms with Crippen LogP contribution in [0.4, 0.5) is 4.79 Å². The molecule has 1 aliphatic carbocycles. The van der Waals surface area contributed by atoms with E-state index in [0.29, 0.717) is 25.2 Å². The first-order valence-corrected chi connectivity index (χ1v) is 8.36. The van der Waals surface area contributed by atoms with Crippen LogP contribution in [0.3, 0.4) is 0 Å². The Hall–Kier alpha value is -1.14. The molecule has 0 radical (unpaired) electrons. The minimum absolute atomic E-state index is 0.119. The zero-order valence-corrected chi connectivity index (χ0v) is 13.9. The van der Waals surface area contributed by atoms with E-state index in [2.05, 4.69) is 22.5 Å². The van der Waals surface area contributed by atoms with Crippen LogP contribution in [-0.2, 0) is 9.53 Å². The Morgan fingerprint density at radius 3 is 2.77 bits per heavy atom. The first-order chi connectivity index (χ1) is 10.5. The summed E-state index contributed by atoms with van der Waals surface area (Å²) in [5.41, 5.74) is 0. The summed E-state index contributed by atoms with van der Waals surface area (Å²) < 4.78 is 4.95. The Kier molecular flexibility index (Phi) is 6.20. The van der Waals surface area contributed by atoms with Gasteiger partial charge in [0.15, 0.2) is 0 Å². The van der Waals surface area contributed by atoms with Gasteiger partial charge in [0.1, 0.15) is 0 Å². The number of carbonyl (C=O) groups is 2. The molecule has 0 aromatic heterocycles. The fourth-order valence-electron chi connectivity index (χ4n) is 3.96. The first-order valence-electron chi connectivity index (χ1n) is 8.36. The van der Waals surface area contributed by atoms with Gasteiger partial charge in [-0.2, -0.15) is 0 Å². The van der Waals surface area contributed by atoms with Crippen LogP contribution in [-0.4, -0.2) is 55.2 Å². The van der Waals surface area contributed by atoms with Crippen LogP contribution in [0, 0.1) is 5.92 Å². The summed E-state index contributed by atoms with van der Waals surface area (Å²) in [7, 11) is 1.58. The van der Waals surface area contributed by atoms with Gasteiger partial charge in [0.05, 0.1) is 19.2 Å². The normalized spacial score (nSPS) is 29.7. The molecule has 0 spiro atoms. The van der Waals surface area contributed by atoms with Crippen molar-refractivity contribution in [1.82, 2.24) is 15.5 Å². The molecule has 126 valence electrons. The number of hydrogen-bond donors (Lipinski definition) is 2. The van der Waals surface area contributed by atoms with Gasteiger partial charge in [0.2, 0.25) is 5.91 Å². The number of ether oxygens (including phenoxy) is 1. The van der Waals surface area contributed by atoms with E-state index in [0.717, 1.165) is 5.92 Å². The molecular weight excluding hydrogens is 282 g/mol. The maximum atomic E-state index is 12.1. The lowest BCUT2D eigenvalue weighted by molar-refractivity contribution is -0.122. The van der Waals surface area contributed by atoms with E-state index in [4.69, 9.17) is 4.74 Å². The second-order valence-corrected chi connectivity index (χ2v) is 6.75. The van der Waals surface area contributed by atoms with Gasteiger partial charge in [0, 0.05) is 19.2 Å². The quantitative estimate of drug-likeness (QED) is 0.807. The fraction of sp³-hybridized carbons (Fsp3) is 0.875. The zero-order valence-electron chi connectivity index (χ0n) is 13.9. The van der Waals surface area contributed by atoms with Crippen LogP contribution in [0.2, 0.25) is 0 Å². The van der Waals surface area contributed by atoms with Crippen molar-refractivity contribution in [1.29, 1.82) is 0 Å². The molecule has 0 aromatic carbocycles. The molecule has 0 aromatic rings. The number of likely N-dealkylation sites (tertiary alicyclic amines) is 1. The summed E-state index contributed by atoms with van der Waals surface area (Å²) in [6, 6.07) is 0.382. The van der Waals surface area contributed by atoms with E-state index in [9.17, 15) is 9.59 Å². The minimum atomic E-state index is -0.443. The number of carbonyl (C=O) groups excluding carboxylic acids is 2. The van der Waals surface area contributed by atoms with Crippen molar-refractivity contribution >= 4 is 11.9 Å². The van der Waals surface area contributed by atoms with Crippen molar-refractivity contribution in [3.05, 3.63) is 0 Å². The molecule has 22 heavy (non-hydrogen) atoms. The molecule has 1 heterocycles. The third kappa shape index (κ3) is 4.43. The fourth-order valence-corrected chi connectivity index (χ4v) is 3.96. The van der Waals surface area contributed by atoms with Crippen LogP contribution >= 0.6 is 0 Å². The van der Waals surface area contributed by atoms with Gasteiger partial charge in [0.25, 0.3) is 0 Å². The van der Waals surface area contributed by atoms with Crippen LogP contribution in [0.1, 0.15) is 46.0 Å². The van der Waals surface area contributed by atoms with Gasteiger partial charge in [-0.15, -0.1) is 0 Å². The van der Waals surface area contributed by atoms with Crippen LogP contribution in [0.25, 0.3) is 0 Å². The number of nitrogens with one attached hydrogen (secondary N) is 2. The number of urea groups is 1. The van der Waals surface area contributed by atoms with E-state index in [1.54, 1.807) is 7.11 Å². The summed E-state index contributed by atoms with van der Waals surface area (Å²) in [4.78, 5) is 26.2. The van der Waals surface area contributed by atoms with Crippen molar-refractivity contribution in [2.24, 2.45) is 5.92 Å². The number of fused-ring (bicyclic) bond motifs is 1. The number of imide groups is 1. The Balaban J connectivity index is 1.80. The largest absolute Gasteiger partial charge is 0.383 e. The van der Waals surface area contributed by atoms with E-state index in [1.165, 1.54) is 32.1 Å². The maximum Gasteiger partial charge on any atom is 0.321 e. The molecule has 1 aliphatic heterocycles. The summed E-state index contributed by atoms with van der Waals surface area (Å²) >= 11 is 0. The number of rotatable bonds is 5. The van der Waals surface area contributed by atoms with E-state index >= 15 is 0 Å². The summed E-state index contributed by atoms with van der Waals surface area (Å²) in [6.07, 6.45) is 6.20. The molecule has 2 aliphatic rings. The second kappa shape index (κ2) is 7.92. The SMILES string of the molecule is COC[C@H](C)NC(=O)NC(=O)CN1[C@H](C)C[C@@H]2CCCC[C@@H]21. The van der Waals surface area contributed by atoms with Gasteiger partial charge in [-0.25, -0.2) is 4.79 Å². The highest BCUT2D eigenvalue weighted by Gasteiger charge is 2.40. The van der Waals surface area contributed by atoms with Gasteiger partial charge in [-0.3, -0.25) is 15.0 Å². The molecule has 2 N–H and O–H groups in total. The molecule has 0 unspecified atom stereocenters. The molecule has 3 amide bonds. The minimum Gasteiger partial charge on any atom is -0.383 e. The lowest BCUT2D eigenvalue weighted by atomic mass is 9.85. The van der Waals surface area contributed by atoms with Crippen LogP contribution in [0.5, 0.6) is 0 Å². The topological polar surface area (TPSA) is 70.7 Å². The van der Waals surface area contributed by atoms with E-state index in [-0.39, 0.29) is 11.9 Å². The van der Waals surface area contributed by atoms with Crippen LogP contribution < -0.4 is 10.6 Å². The maximum absolute atomic E-state index is 12.1. The third-order valence-corrected chi connectivity index (χ3v) is 4.88. The molecule has 2 rings (SSSR count). The molecule has 1 saturated carbocycles. The van der Waals surface area contributed by atoms with Crippen molar-refractivity contribution < 1.29 is 14.3 Å². The number of hydrogen-bond acceptors (Lipinski definition) is 4. The molecular formula is C16H29N3O3. The monoisotopic (exact) mass is 311 g/mol. The van der Waals surface area contributed by atoms with Crippen molar-refractivity contribution in [2.75, 3.05) is 20.3 Å². The Morgan fingerprint density at radius 2 is 2.05 bits per heavy atom. The Morgan fingerprint density at radius 1 is 1.32 bits per heavy atom. The lowest BCUT2D eigenvalue weighted by Crippen LogP contribution is -2.50. The highest BCUT2D eigenvalue weighted by atomic mass is 16.5. The van der Waals surface area contributed by atoms with Crippen LogP contribution in [0.15, 0.2) is 0 Å². The summed E-state index contributed by atoms with van der Waals surface area (Å²) in [5, 5.41) is 5.12. The number of nitrogens with zero attached hydrogens (tertiary/aromatic N) is 1. The molecule has 2 fully saturated rings. The zero-order chi connectivity index (χ0) is 16.1. The predicted octanol–water partition coefficient (Wildman–Crippen LogP) is 1.50. The van der Waals surface area contributed by atoms with Gasteiger partial charge in [-0.1, -0.05) is 12.8 Å². The molecule has 0 bridgehead atoms. The molecule has 6 heteroatoms. The van der Waals surface area contributed by atoms with Gasteiger partial charge in [-0.05, 0) is 39.0 Å². The lowest BCUT2D eigenvalue weighted by Gasteiger charge is -2.32. The summed E-state index contributed by atoms with van der Waals surface area (Å²) in [6.45, 7) is 4.76. The first kappa shape index (κ1) is 17.2. The van der Waals surface area contributed by atoms with Crippen molar-refractivity contribution in [3.8, 4) is 0 Å². The second-order valence-electron chi connectivity index (χ2n) is 6.75. The van der Waals surface area contributed by atoms with E-state index < -0.39 is 6.03 Å². The highest BCUT2D eigenvalue weighted by Crippen LogP contribution is 2.39. The van der Waals surface area contributed by atoms with E-state index in [1.807, 2.05) is 6.92 Å². The Labute approximate surface area is 132 Å². The Bertz CT molecular complexity index is 402. The molecule has 6 nitrogen and oxygen atoms in total. The average molecular weight is 311 g/mol. The molecule has 1 saturated heterocycles. The summed E-state index contributed by atoms with van der Waals surface area (Å²) in [5.74, 6) is 0.507. The highest BCUT2D eigenvalue weighted by molar-refractivity contribution is 5.95. The smallest absolute Gasteiger partial charge is 0.321 e. The van der Waals surface area contributed by atoms with Crippen molar-refractivity contribution in [3.63, 3.8) is 0 Å². The van der Waals surface area contributed by atoms with Gasteiger partial charge < -0.3 is 10.1 Å². The number of methoxy groups -OCH3 is 1. The predicted molar refractivity (Wildman–Crippen MR) is 84.5 cm³/mol. The van der Waals surface area contributed by atoms with Gasteiger partial charge >= 0.3 is 6.03 Å². The third-order valence-electron chi connectivity index (χ3n) is 4.88. The average Bonchev–Trinajstić information content (AvgIpc) is 2.75.